The summed E-state index contributed by atoms with van der Waals surface area (Å²) in [6.45, 7) is 2.52. The largest absolute Gasteiger partial charge is 0.493 e. The van der Waals surface area contributed by atoms with Gasteiger partial charge in [-0.3, -0.25) is 14.5 Å². The predicted molar refractivity (Wildman–Crippen MR) is 113 cm³/mol. The van der Waals surface area contributed by atoms with Crippen LogP contribution in [-0.4, -0.2) is 22.7 Å². The summed E-state index contributed by atoms with van der Waals surface area (Å²) >= 11 is 16.2. The Morgan fingerprint density at radius 3 is 2.63 bits per heavy atom. The molecule has 2 aromatic carbocycles. The molecule has 2 aromatic rings. The van der Waals surface area contributed by atoms with Crippen molar-refractivity contribution in [1.29, 1.82) is 0 Å². The van der Waals surface area contributed by atoms with Crippen LogP contribution in [0.4, 0.5) is 4.79 Å². The molecule has 0 atom stereocenters. The molecular formula is C19H14BrCl2NO3S. The van der Waals surface area contributed by atoms with E-state index in [1.807, 2.05) is 25.1 Å². The summed E-state index contributed by atoms with van der Waals surface area (Å²) < 4.78 is 6.45. The van der Waals surface area contributed by atoms with E-state index in [-0.39, 0.29) is 17.7 Å². The molecule has 8 heteroatoms. The van der Waals surface area contributed by atoms with Gasteiger partial charge in [0, 0.05) is 10.0 Å². The van der Waals surface area contributed by atoms with Crippen molar-refractivity contribution in [3.63, 3.8) is 0 Å². The lowest BCUT2D eigenvalue weighted by atomic mass is 10.1. The van der Waals surface area contributed by atoms with E-state index in [0.717, 1.165) is 27.4 Å². The normalized spacial score (nSPS) is 15.7. The van der Waals surface area contributed by atoms with E-state index in [1.54, 1.807) is 24.3 Å². The number of carbonyl (C=O) groups is 2. The first kappa shape index (κ1) is 20.3. The van der Waals surface area contributed by atoms with Crippen molar-refractivity contribution in [2.24, 2.45) is 0 Å². The van der Waals surface area contributed by atoms with Crippen molar-refractivity contribution >= 4 is 68.1 Å². The number of nitrogens with zero attached hydrogens (tertiary/aromatic N) is 1. The van der Waals surface area contributed by atoms with E-state index in [9.17, 15) is 9.59 Å². The highest BCUT2D eigenvalue weighted by atomic mass is 79.9. The Kier molecular flexibility index (Phi) is 6.52. The lowest BCUT2D eigenvalue weighted by Crippen LogP contribution is -2.27. The van der Waals surface area contributed by atoms with Crippen LogP contribution in [0.5, 0.6) is 5.75 Å². The Bertz CT molecular complexity index is 949. The molecule has 3 rings (SSSR count). The third-order valence-electron chi connectivity index (χ3n) is 3.76. The molecule has 1 aliphatic rings. The second-order valence-corrected chi connectivity index (χ2v) is 8.35. The van der Waals surface area contributed by atoms with Crippen LogP contribution in [0.3, 0.4) is 0 Å². The van der Waals surface area contributed by atoms with Gasteiger partial charge >= 0.3 is 0 Å². The number of benzene rings is 2. The molecule has 27 heavy (non-hydrogen) atoms. The van der Waals surface area contributed by atoms with E-state index >= 15 is 0 Å². The number of hydrogen-bond donors (Lipinski definition) is 0. The van der Waals surface area contributed by atoms with Crippen LogP contribution in [0.25, 0.3) is 6.08 Å². The molecule has 0 radical (unpaired) electrons. The van der Waals surface area contributed by atoms with Gasteiger partial charge in [0.2, 0.25) is 0 Å². The Balaban J connectivity index is 1.86. The summed E-state index contributed by atoms with van der Waals surface area (Å²) in [7, 11) is 0. The minimum atomic E-state index is -0.349. The molecule has 0 unspecified atom stereocenters. The van der Waals surface area contributed by atoms with Crippen LogP contribution in [0.2, 0.25) is 10.0 Å². The average molecular weight is 487 g/mol. The summed E-state index contributed by atoms with van der Waals surface area (Å²) in [6, 6.07) is 10.6. The Morgan fingerprint density at radius 2 is 1.93 bits per heavy atom. The van der Waals surface area contributed by atoms with Crippen molar-refractivity contribution in [3.05, 3.63) is 66.9 Å². The number of hydrogen-bond acceptors (Lipinski definition) is 4. The number of thioether (sulfide) groups is 1. The van der Waals surface area contributed by atoms with Crippen LogP contribution < -0.4 is 4.74 Å². The van der Waals surface area contributed by atoms with Gasteiger partial charge in [0.15, 0.2) is 0 Å². The number of rotatable bonds is 5. The number of ether oxygens (including phenoxy) is 1. The molecule has 1 heterocycles. The second kappa shape index (κ2) is 8.69. The van der Waals surface area contributed by atoms with E-state index in [4.69, 9.17) is 27.9 Å². The number of imide groups is 1. The van der Waals surface area contributed by atoms with Crippen molar-refractivity contribution in [3.8, 4) is 5.75 Å². The van der Waals surface area contributed by atoms with Crippen LogP contribution in [0.15, 0.2) is 45.8 Å². The van der Waals surface area contributed by atoms with Gasteiger partial charge in [0.05, 0.1) is 28.1 Å². The maximum Gasteiger partial charge on any atom is 0.293 e. The number of halogens is 3. The van der Waals surface area contributed by atoms with Gasteiger partial charge in [-0.15, -0.1) is 0 Å². The molecule has 1 aliphatic heterocycles. The van der Waals surface area contributed by atoms with Gasteiger partial charge in [-0.05, 0) is 60.7 Å². The fourth-order valence-corrected chi connectivity index (χ4v) is 4.05. The minimum Gasteiger partial charge on any atom is -0.493 e. The van der Waals surface area contributed by atoms with Crippen molar-refractivity contribution in [2.75, 3.05) is 6.61 Å². The van der Waals surface area contributed by atoms with E-state index in [2.05, 4.69) is 15.9 Å². The second-order valence-electron chi connectivity index (χ2n) is 5.63. The van der Waals surface area contributed by atoms with E-state index in [0.29, 0.717) is 27.3 Å². The van der Waals surface area contributed by atoms with Crippen molar-refractivity contribution in [1.82, 2.24) is 4.90 Å². The molecule has 4 nitrogen and oxygen atoms in total. The molecule has 140 valence electrons. The zero-order valence-corrected chi connectivity index (χ0v) is 18.1. The molecule has 0 aromatic heterocycles. The van der Waals surface area contributed by atoms with Gasteiger partial charge < -0.3 is 4.74 Å². The van der Waals surface area contributed by atoms with Gasteiger partial charge in [0.25, 0.3) is 11.1 Å². The first-order valence-corrected chi connectivity index (χ1v) is 10.4. The summed E-state index contributed by atoms with van der Waals surface area (Å²) in [5.41, 5.74) is 1.46. The topological polar surface area (TPSA) is 46.6 Å². The van der Waals surface area contributed by atoms with Crippen LogP contribution in [0, 0.1) is 0 Å². The Morgan fingerprint density at radius 1 is 1.15 bits per heavy atom. The monoisotopic (exact) mass is 485 g/mol. The van der Waals surface area contributed by atoms with E-state index < -0.39 is 0 Å². The van der Waals surface area contributed by atoms with Gasteiger partial charge in [-0.25, -0.2) is 0 Å². The van der Waals surface area contributed by atoms with E-state index in [1.165, 1.54) is 4.90 Å². The lowest BCUT2D eigenvalue weighted by molar-refractivity contribution is -0.123. The first-order valence-electron chi connectivity index (χ1n) is 8.00. The van der Waals surface area contributed by atoms with Crippen molar-refractivity contribution < 1.29 is 14.3 Å². The maximum absolute atomic E-state index is 12.7. The van der Waals surface area contributed by atoms with Crippen LogP contribution in [0.1, 0.15) is 18.1 Å². The third kappa shape index (κ3) is 4.69. The first-order chi connectivity index (χ1) is 12.9. The van der Waals surface area contributed by atoms with Crippen molar-refractivity contribution in [2.45, 2.75) is 13.5 Å². The molecule has 0 bridgehead atoms. The highest BCUT2D eigenvalue weighted by Crippen LogP contribution is 2.36. The highest BCUT2D eigenvalue weighted by molar-refractivity contribution is 9.10. The molecule has 0 saturated carbocycles. The van der Waals surface area contributed by atoms with Gasteiger partial charge in [-0.1, -0.05) is 45.2 Å². The van der Waals surface area contributed by atoms with Gasteiger partial charge in [0.1, 0.15) is 5.75 Å². The summed E-state index contributed by atoms with van der Waals surface area (Å²) in [4.78, 5) is 26.6. The number of amides is 2. The lowest BCUT2D eigenvalue weighted by Gasteiger charge is -2.13. The zero-order valence-electron chi connectivity index (χ0n) is 14.2. The minimum absolute atomic E-state index is 0.135. The molecular weight excluding hydrogens is 473 g/mol. The maximum atomic E-state index is 12.7. The smallest absolute Gasteiger partial charge is 0.293 e. The van der Waals surface area contributed by atoms with Crippen LogP contribution in [-0.2, 0) is 11.3 Å². The molecule has 0 N–H and O–H groups in total. The standard InChI is InChI=1S/C19H14BrCl2NO3S/c1-2-26-16-6-4-13(20)8-12(16)9-17-18(24)23(19(25)27-17)10-11-3-5-14(21)15(22)7-11/h3-9H,2,10H2,1H3/b17-9+. The third-order valence-corrected chi connectivity index (χ3v) is 5.90. The average Bonchev–Trinajstić information content (AvgIpc) is 2.88. The molecule has 1 saturated heterocycles. The fraction of sp³-hybridized carbons (Fsp3) is 0.158. The Hall–Kier alpha value is -1.47. The fourth-order valence-electron chi connectivity index (χ4n) is 2.52. The Labute approximate surface area is 179 Å². The molecule has 2 amide bonds. The van der Waals surface area contributed by atoms with Gasteiger partial charge in [-0.2, -0.15) is 0 Å². The summed E-state index contributed by atoms with van der Waals surface area (Å²) in [5, 5.41) is 0.477. The quantitative estimate of drug-likeness (QED) is 0.459. The summed E-state index contributed by atoms with van der Waals surface area (Å²) in [6.07, 6.45) is 1.68. The highest BCUT2D eigenvalue weighted by Gasteiger charge is 2.35. The SMILES string of the molecule is CCOc1ccc(Br)cc1/C=C1/SC(=O)N(Cc2ccc(Cl)c(Cl)c2)C1=O. The van der Waals surface area contributed by atoms with Crippen LogP contribution >= 0.6 is 50.9 Å². The summed E-state index contributed by atoms with van der Waals surface area (Å²) in [5.74, 6) is 0.301. The molecule has 0 spiro atoms. The molecule has 0 aliphatic carbocycles. The zero-order chi connectivity index (χ0) is 19.6. The number of carbonyl (C=O) groups excluding carboxylic acids is 2. The molecule has 1 fully saturated rings. The predicted octanol–water partition coefficient (Wildman–Crippen LogP) is 6.39.